The van der Waals surface area contributed by atoms with Crippen molar-refractivity contribution in [3.05, 3.63) is 117 Å². The molecule has 0 radical (unpaired) electrons. The second-order valence-electron chi connectivity index (χ2n) is 8.35. The van der Waals surface area contributed by atoms with Crippen LogP contribution in [0.2, 0.25) is 5.02 Å². The number of halogens is 1. The number of ether oxygens (including phenoxy) is 1. The number of imide groups is 2. The van der Waals surface area contributed by atoms with Gasteiger partial charge < -0.3 is 4.74 Å². The van der Waals surface area contributed by atoms with Crippen LogP contribution in [0.15, 0.2) is 90.5 Å². The van der Waals surface area contributed by atoms with Crippen molar-refractivity contribution in [2.24, 2.45) is 0 Å². The van der Waals surface area contributed by atoms with Gasteiger partial charge in [-0.25, -0.2) is 9.69 Å². The highest BCUT2D eigenvalue weighted by molar-refractivity contribution is 6.39. The van der Waals surface area contributed by atoms with Gasteiger partial charge in [0.25, 0.3) is 17.5 Å². The number of urea groups is 1. The highest BCUT2D eigenvalue weighted by Crippen LogP contribution is 2.30. The molecule has 188 valence electrons. The number of hydrogen-bond acceptors (Lipinski definition) is 6. The summed E-state index contributed by atoms with van der Waals surface area (Å²) in [4.78, 5) is 49.1. The van der Waals surface area contributed by atoms with Crippen LogP contribution in [0.25, 0.3) is 16.8 Å². The lowest BCUT2D eigenvalue weighted by atomic mass is 10.1. The van der Waals surface area contributed by atoms with Gasteiger partial charge in [-0.2, -0.15) is 0 Å². The normalized spacial score (nSPS) is 14.6. The first kappa shape index (κ1) is 24.7. The largest absolute Gasteiger partial charge is 0.487 e. The molecule has 4 amide bonds. The summed E-state index contributed by atoms with van der Waals surface area (Å²) in [5.74, 6) is -1.41. The van der Waals surface area contributed by atoms with E-state index in [1.807, 2.05) is 42.5 Å². The van der Waals surface area contributed by atoms with Crippen molar-refractivity contribution in [3.8, 4) is 5.75 Å². The summed E-state index contributed by atoms with van der Waals surface area (Å²) in [6, 6.07) is 22.6. The molecular formula is C28H18ClN3O6. The van der Waals surface area contributed by atoms with Crippen LogP contribution in [0.3, 0.4) is 0 Å². The average molecular weight is 528 g/mol. The Morgan fingerprint density at radius 2 is 1.71 bits per heavy atom. The summed E-state index contributed by atoms with van der Waals surface area (Å²) in [6.45, 7) is 0.280. The molecule has 0 bridgehead atoms. The van der Waals surface area contributed by atoms with Crippen LogP contribution in [0.5, 0.6) is 5.75 Å². The Labute approximate surface area is 221 Å². The fourth-order valence-electron chi connectivity index (χ4n) is 4.10. The van der Waals surface area contributed by atoms with Crippen LogP contribution in [0.1, 0.15) is 11.1 Å². The fraction of sp³-hybridized carbons (Fsp3) is 0.0357. The number of nitrogens with one attached hydrogen (secondary N) is 1. The molecule has 4 aromatic rings. The first-order valence-electron chi connectivity index (χ1n) is 11.4. The molecule has 4 aromatic carbocycles. The molecule has 38 heavy (non-hydrogen) atoms. The van der Waals surface area contributed by atoms with Crippen molar-refractivity contribution in [2.45, 2.75) is 6.61 Å². The number of barbiturate groups is 1. The summed E-state index contributed by atoms with van der Waals surface area (Å²) in [5.41, 5.74) is 0.711. The minimum Gasteiger partial charge on any atom is -0.487 e. The van der Waals surface area contributed by atoms with Gasteiger partial charge in [0.2, 0.25) is 0 Å². The zero-order valence-corrected chi connectivity index (χ0v) is 20.3. The lowest BCUT2D eigenvalue weighted by molar-refractivity contribution is -0.384. The van der Waals surface area contributed by atoms with Crippen molar-refractivity contribution in [3.63, 3.8) is 0 Å². The lowest BCUT2D eigenvalue weighted by Crippen LogP contribution is -2.54. The van der Waals surface area contributed by atoms with E-state index in [2.05, 4.69) is 5.32 Å². The van der Waals surface area contributed by atoms with Crippen LogP contribution >= 0.6 is 11.6 Å². The number of benzene rings is 4. The quantitative estimate of drug-likeness (QED) is 0.150. The van der Waals surface area contributed by atoms with Crippen molar-refractivity contribution in [1.29, 1.82) is 0 Å². The Bertz CT molecular complexity index is 1660. The van der Waals surface area contributed by atoms with Crippen molar-refractivity contribution in [1.82, 2.24) is 5.32 Å². The number of fused-ring (bicyclic) bond motifs is 1. The fourth-order valence-corrected chi connectivity index (χ4v) is 4.35. The number of nitrogens with zero attached hydrogens (tertiary/aromatic N) is 2. The Hall–Kier alpha value is -5.02. The van der Waals surface area contributed by atoms with Crippen LogP contribution in [0, 0.1) is 10.1 Å². The number of anilines is 1. The first-order chi connectivity index (χ1) is 18.3. The van der Waals surface area contributed by atoms with Crippen LogP contribution in [-0.4, -0.2) is 22.8 Å². The van der Waals surface area contributed by atoms with Crippen LogP contribution in [0.4, 0.5) is 16.2 Å². The third kappa shape index (κ3) is 4.82. The molecule has 0 saturated carbocycles. The smallest absolute Gasteiger partial charge is 0.335 e. The van der Waals surface area contributed by atoms with Gasteiger partial charge >= 0.3 is 6.03 Å². The number of amides is 4. The van der Waals surface area contributed by atoms with E-state index < -0.39 is 22.8 Å². The molecular weight excluding hydrogens is 510 g/mol. The summed E-state index contributed by atoms with van der Waals surface area (Å²) >= 11 is 6.43. The number of nitro groups is 1. The molecule has 0 atom stereocenters. The van der Waals surface area contributed by atoms with Gasteiger partial charge in [0.1, 0.15) is 17.9 Å². The van der Waals surface area contributed by atoms with Gasteiger partial charge in [-0.1, -0.05) is 66.2 Å². The van der Waals surface area contributed by atoms with E-state index in [-0.39, 0.29) is 28.6 Å². The second kappa shape index (κ2) is 10.2. The van der Waals surface area contributed by atoms with Gasteiger partial charge in [0.05, 0.1) is 15.6 Å². The van der Waals surface area contributed by atoms with E-state index in [0.717, 1.165) is 22.4 Å². The third-order valence-electron chi connectivity index (χ3n) is 5.93. The predicted octanol–water partition coefficient (Wildman–Crippen LogP) is 5.65. The molecule has 1 N–H and O–H groups in total. The number of carbonyl (C=O) groups is 3. The minimum absolute atomic E-state index is 0.0460. The monoisotopic (exact) mass is 527 g/mol. The van der Waals surface area contributed by atoms with Gasteiger partial charge in [0, 0.05) is 12.1 Å². The summed E-state index contributed by atoms with van der Waals surface area (Å²) < 4.78 is 5.93. The standard InChI is InChI=1S/C28H18ClN3O6/c29-24-14-17(11-12-25(24)38-16-19-7-3-6-18-5-1-2-10-22(18)19)13-23-26(33)30-28(35)31(27(23)34)20-8-4-9-21(15-20)32(36)37/h1-15H,16H2,(H,30,33,35)/b23-13+. The molecule has 5 rings (SSSR count). The van der Waals surface area contributed by atoms with Crippen molar-refractivity contribution >= 4 is 57.7 Å². The average Bonchev–Trinajstić information content (AvgIpc) is 2.90. The highest BCUT2D eigenvalue weighted by atomic mass is 35.5. The molecule has 0 unspecified atom stereocenters. The van der Waals surface area contributed by atoms with Gasteiger partial charge in [-0.15, -0.1) is 0 Å². The summed E-state index contributed by atoms with van der Waals surface area (Å²) in [5, 5.41) is 15.6. The molecule has 1 aliphatic heterocycles. The summed E-state index contributed by atoms with van der Waals surface area (Å²) in [6.07, 6.45) is 1.29. The van der Waals surface area contributed by atoms with Gasteiger partial charge in [-0.3, -0.25) is 25.0 Å². The zero-order chi connectivity index (χ0) is 26.8. The number of rotatable bonds is 6. The van der Waals surface area contributed by atoms with E-state index in [0.29, 0.717) is 16.2 Å². The highest BCUT2D eigenvalue weighted by Gasteiger charge is 2.37. The molecule has 1 aliphatic rings. The van der Waals surface area contributed by atoms with Crippen molar-refractivity contribution in [2.75, 3.05) is 4.90 Å². The molecule has 0 aliphatic carbocycles. The molecule has 0 aromatic heterocycles. The van der Waals surface area contributed by atoms with Crippen LogP contribution < -0.4 is 15.0 Å². The van der Waals surface area contributed by atoms with E-state index >= 15 is 0 Å². The number of carbonyl (C=O) groups excluding carboxylic acids is 3. The second-order valence-corrected chi connectivity index (χ2v) is 8.76. The maximum absolute atomic E-state index is 13.1. The number of nitro benzene ring substituents is 1. The first-order valence-corrected chi connectivity index (χ1v) is 11.7. The molecule has 1 fully saturated rings. The summed E-state index contributed by atoms with van der Waals surface area (Å²) in [7, 11) is 0. The van der Waals surface area contributed by atoms with Gasteiger partial charge in [-0.05, 0) is 46.2 Å². The molecule has 9 nitrogen and oxygen atoms in total. The Morgan fingerprint density at radius 1 is 0.947 bits per heavy atom. The maximum Gasteiger partial charge on any atom is 0.335 e. The topological polar surface area (TPSA) is 119 Å². The Kier molecular flexibility index (Phi) is 6.59. The third-order valence-corrected chi connectivity index (χ3v) is 6.23. The molecule has 10 heteroatoms. The van der Waals surface area contributed by atoms with E-state index in [1.54, 1.807) is 12.1 Å². The van der Waals surface area contributed by atoms with Gasteiger partial charge in [0.15, 0.2) is 0 Å². The number of non-ortho nitro benzene ring substituents is 1. The number of hydrogen-bond donors (Lipinski definition) is 1. The van der Waals surface area contributed by atoms with E-state index in [1.165, 1.54) is 30.3 Å². The van der Waals surface area contributed by atoms with E-state index in [9.17, 15) is 24.5 Å². The van der Waals surface area contributed by atoms with Crippen molar-refractivity contribution < 1.29 is 24.0 Å². The molecule has 1 heterocycles. The SMILES string of the molecule is O=C1NC(=O)N(c2cccc([N+](=O)[O-])c2)C(=O)/C1=C/c1ccc(OCc2cccc3ccccc23)c(Cl)c1. The lowest BCUT2D eigenvalue weighted by Gasteiger charge is -2.26. The molecule has 0 spiro atoms. The van der Waals surface area contributed by atoms with E-state index in [4.69, 9.17) is 16.3 Å². The maximum atomic E-state index is 13.1. The molecule has 1 saturated heterocycles. The zero-order valence-electron chi connectivity index (χ0n) is 19.6. The Morgan fingerprint density at radius 3 is 2.50 bits per heavy atom. The Balaban J connectivity index is 1.38. The predicted molar refractivity (Wildman–Crippen MR) is 142 cm³/mol. The minimum atomic E-state index is -1.01. The van der Waals surface area contributed by atoms with Crippen LogP contribution in [-0.2, 0) is 16.2 Å².